The summed E-state index contributed by atoms with van der Waals surface area (Å²) in [7, 11) is 0. The monoisotopic (exact) mass is 139 g/mol. The number of hydrogen-bond acceptors (Lipinski definition) is 4. The van der Waals surface area contributed by atoms with Crippen LogP contribution in [-0.4, -0.2) is 17.7 Å². The van der Waals surface area contributed by atoms with E-state index in [9.17, 15) is 4.79 Å². The third-order valence-corrected chi connectivity index (χ3v) is 1.44. The van der Waals surface area contributed by atoms with Crippen LogP contribution < -0.4 is 0 Å². The lowest BCUT2D eigenvalue weighted by atomic mass is 10.1. The van der Waals surface area contributed by atoms with Crippen molar-refractivity contribution in [3.8, 4) is 0 Å². The van der Waals surface area contributed by atoms with Crippen molar-refractivity contribution in [2.75, 3.05) is 6.61 Å². The van der Waals surface area contributed by atoms with Crippen LogP contribution in [0.1, 0.15) is 16.1 Å². The molecule has 0 unspecified atom stereocenters. The number of ether oxygens (including phenoxy) is 1. The van der Waals surface area contributed by atoms with Gasteiger partial charge in [0.1, 0.15) is 6.26 Å². The molecule has 1 aliphatic heterocycles. The van der Waals surface area contributed by atoms with Gasteiger partial charge in [0.2, 0.25) is 0 Å². The number of hydrogen-bond donors (Lipinski definition) is 0. The highest BCUT2D eigenvalue weighted by Crippen LogP contribution is 2.13. The van der Waals surface area contributed by atoms with Crippen molar-refractivity contribution in [3.05, 3.63) is 17.5 Å². The first-order valence-corrected chi connectivity index (χ1v) is 2.98. The standard InChI is InChI=1S/C6H5NO3/c8-6-5-4(1-2-9-6)3-10-7-5/h3H,1-2H2. The summed E-state index contributed by atoms with van der Waals surface area (Å²) in [6, 6.07) is 0. The third-order valence-electron chi connectivity index (χ3n) is 1.44. The Hall–Kier alpha value is -1.32. The molecule has 52 valence electrons. The molecular formula is C6H5NO3. The molecule has 4 heteroatoms. The zero-order valence-corrected chi connectivity index (χ0v) is 5.16. The van der Waals surface area contributed by atoms with E-state index in [1.165, 1.54) is 6.26 Å². The Bertz CT molecular complexity index is 266. The molecule has 0 aromatic carbocycles. The number of carbonyl (C=O) groups excluding carboxylic acids is 1. The Kier molecular flexibility index (Phi) is 1.00. The molecule has 0 saturated heterocycles. The van der Waals surface area contributed by atoms with Crippen molar-refractivity contribution in [2.45, 2.75) is 6.42 Å². The molecule has 0 aliphatic carbocycles. The molecule has 1 aliphatic rings. The number of esters is 1. The minimum atomic E-state index is -0.380. The van der Waals surface area contributed by atoms with Gasteiger partial charge in [-0.1, -0.05) is 5.16 Å². The van der Waals surface area contributed by atoms with Gasteiger partial charge in [-0.25, -0.2) is 4.79 Å². The first kappa shape index (κ1) is 5.46. The van der Waals surface area contributed by atoms with Crippen LogP contribution in [0.3, 0.4) is 0 Å². The van der Waals surface area contributed by atoms with E-state index in [-0.39, 0.29) is 5.97 Å². The molecule has 0 bridgehead atoms. The molecule has 0 N–H and O–H groups in total. The minimum absolute atomic E-state index is 0.325. The van der Waals surface area contributed by atoms with Gasteiger partial charge < -0.3 is 9.26 Å². The molecule has 2 heterocycles. The van der Waals surface area contributed by atoms with E-state index in [4.69, 9.17) is 4.74 Å². The number of fused-ring (bicyclic) bond motifs is 1. The first-order chi connectivity index (χ1) is 4.88. The summed E-state index contributed by atoms with van der Waals surface area (Å²) in [6.45, 7) is 0.438. The molecule has 0 radical (unpaired) electrons. The number of aromatic nitrogens is 1. The topological polar surface area (TPSA) is 52.3 Å². The largest absolute Gasteiger partial charge is 0.461 e. The van der Waals surface area contributed by atoms with Crippen LogP contribution in [0.5, 0.6) is 0 Å². The second-order valence-electron chi connectivity index (χ2n) is 2.07. The Balaban J connectivity index is 2.50. The maximum absolute atomic E-state index is 10.8. The van der Waals surface area contributed by atoms with Crippen LogP contribution in [-0.2, 0) is 11.2 Å². The average Bonchev–Trinajstić information content (AvgIpc) is 2.36. The molecule has 1 aromatic rings. The fraction of sp³-hybridized carbons (Fsp3) is 0.333. The second kappa shape index (κ2) is 1.83. The molecule has 0 saturated carbocycles. The summed E-state index contributed by atoms with van der Waals surface area (Å²) in [5.41, 5.74) is 1.17. The molecule has 4 nitrogen and oxygen atoms in total. The SMILES string of the molecule is O=C1OCCc2conc21. The molecule has 2 rings (SSSR count). The number of cyclic esters (lactones) is 1. The van der Waals surface area contributed by atoms with Gasteiger partial charge in [-0.3, -0.25) is 0 Å². The van der Waals surface area contributed by atoms with Gasteiger partial charge in [0, 0.05) is 12.0 Å². The van der Waals surface area contributed by atoms with E-state index < -0.39 is 0 Å². The van der Waals surface area contributed by atoms with E-state index in [0.29, 0.717) is 18.7 Å². The summed E-state index contributed by atoms with van der Waals surface area (Å²) in [5.74, 6) is -0.380. The van der Waals surface area contributed by atoms with E-state index in [2.05, 4.69) is 9.68 Å². The van der Waals surface area contributed by atoms with E-state index in [0.717, 1.165) is 5.56 Å². The van der Waals surface area contributed by atoms with Crippen molar-refractivity contribution < 1.29 is 14.1 Å². The van der Waals surface area contributed by atoms with Gasteiger partial charge >= 0.3 is 5.97 Å². The fourth-order valence-electron chi connectivity index (χ4n) is 0.925. The lowest BCUT2D eigenvalue weighted by molar-refractivity contribution is 0.0470. The maximum Gasteiger partial charge on any atom is 0.360 e. The van der Waals surface area contributed by atoms with Gasteiger partial charge in [0.05, 0.1) is 6.61 Å². The molecule has 0 atom stereocenters. The second-order valence-corrected chi connectivity index (χ2v) is 2.07. The van der Waals surface area contributed by atoms with Crippen molar-refractivity contribution in [1.82, 2.24) is 5.16 Å². The number of nitrogens with zero attached hydrogens (tertiary/aromatic N) is 1. The first-order valence-electron chi connectivity index (χ1n) is 2.98. The van der Waals surface area contributed by atoms with E-state index >= 15 is 0 Å². The van der Waals surface area contributed by atoms with Crippen LogP contribution in [0, 0.1) is 0 Å². The average molecular weight is 139 g/mol. The Morgan fingerprint density at radius 3 is 3.30 bits per heavy atom. The molecule has 0 amide bonds. The van der Waals surface area contributed by atoms with Crippen LogP contribution in [0.15, 0.2) is 10.8 Å². The zero-order valence-electron chi connectivity index (χ0n) is 5.16. The van der Waals surface area contributed by atoms with Gasteiger partial charge in [-0.2, -0.15) is 0 Å². The van der Waals surface area contributed by atoms with Crippen molar-refractivity contribution in [2.24, 2.45) is 0 Å². The van der Waals surface area contributed by atoms with Crippen molar-refractivity contribution in [3.63, 3.8) is 0 Å². The van der Waals surface area contributed by atoms with Crippen LogP contribution >= 0.6 is 0 Å². The molecule has 1 aromatic heterocycles. The summed E-state index contributed by atoms with van der Waals surface area (Å²) < 4.78 is 9.29. The normalized spacial score (nSPS) is 16.2. The van der Waals surface area contributed by atoms with E-state index in [1.807, 2.05) is 0 Å². The summed E-state index contributed by atoms with van der Waals surface area (Å²) in [6.07, 6.45) is 2.19. The molecule has 10 heavy (non-hydrogen) atoms. The van der Waals surface area contributed by atoms with Crippen molar-refractivity contribution >= 4 is 5.97 Å². The van der Waals surface area contributed by atoms with Crippen molar-refractivity contribution in [1.29, 1.82) is 0 Å². The highest BCUT2D eigenvalue weighted by atomic mass is 16.5. The molecule has 0 spiro atoms. The highest BCUT2D eigenvalue weighted by molar-refractivity contribution is 5.89. The predicted octanol–water partition coefficient (Wildman–Crippen LogP) is 0.387. The lowest BCUT2D eigenvalue weighted by Crippen LogP contribution is -2.16. The summed E-state index contributed by atoms with van der Waals surface area (Å²) in [5, 5.41) is 3.49. The summed E-state index contributed by atoms with van der Waals surface area (Å²) in [4.78, 5) is 10.8. The van der Waals surface area contributed by atoms with Crippen LogP contribution in [0.2, 0.25) is 0 Å². The quantitative estimate of drug-likeness (QED) is 0.488. The van der Waals surface area contributed by atoms with Crippen LogP contribution in [0.25, 0.3) is 0 Å². The molecular weight excluding hydrogens is 134 g/mol. The highest BCUT2D eigenvalue weighted by Gasteiger charge is 2.21. The summed E-state index contributed by atoms with van der Waals surface area (Å²) >= 11 is 0. The molecule has 0 fully saturated rings. The maximum atomic E-state index is 10.8. The lowest BCUT2D eigenvalue weighted by Gasteiger charge is -2.07. The third kappa shape index (κ3) is 0.618. The van der Waals surface area contributed by atoms with Gasteiger partial charge in [-0.05, 0) is 0 Å². The number of rotatable bonds is 0. The van der Waals surface area contributed by atoms with E-state index in [1.54, 1.807) is 0 Å². The van der Waals surface area contributed by atoms with Crippen LogP contribution in [0.4, 0.5) is 0 Å². The van der Waals surface area contributed by atoms with Gasteiger partial charge in [0.15, 0.2) is 5.69 Å². The van der Waals surface area contributed by atoms with Gasteiger partial charge in [0.25, 0.3) is 0 Å². The van der Waals surface area contributed by atoms with Gasteiger partial charge in [-0.15, -0.1) is 0 Å². The smallest absolute Gasteiger partial charge is 0.360 e. The Morgan fingerprint density at radius 1 is 1.60 bits per heavy atom. The Morgan fingerprint density at radius 2 is 2.50 bits per heavy atom. The zero-order chi connectivity index (χ0) is 6.97. The fourth-order valence-corrected chi connectivity index (χ4v) is 0.925. The number of carbonyl (C=O) groups is 1. The Labute approximate surface area is 56.8 Å². The predicted molar refractivity (Wildman–Crippen MR) is 30.5 cm³/mol. The minimum Gasteiger partial charge on any atom is -0.461 e.